The number of rotatable bonds is 6. The SMILES string of the molecule is c1ccc(-c2cccc3sc4cccc(N(c5ccccc5)c5cccc(C6(c7ccccc7)c7ccccc7-c7ccccc76)c5)c4c23)cc1. The van der Waals surface area contributed by atoms with Crippen molar-refractivity contribution in [3.63, 3.8) is 0 Å². The zero-order chi connectivity index (χ0) is 33.8. The Morgan fingerprint density at radius 3 is 1.59 bits per heavy atom. The number of thiophene rings is 1. The fraction of sp³-hybridized carbons (Fsp3) is 0.0204. The predicted molar refractivity (Wildman–Crippen MR) is 217 cm³/mol. The summed E-state index contributed by atoms with van der Waals surface area (Å²) in [7, 11) is 0. The van der Waals surface area contributed by atoms with Gasteiger partial charge in [-0.25, -0.2) is 0 Å². The van der Waals surface area contributed by atoms with Crippen LogP contribution in [0.25, 0.3) is 42.4 Å². The van der Waals surface area contributed by atoms with E-state index in [1.807, 2.05) is 11.3 Å². The monoisotopic (exact) mass is 667 g/mol. The van der Waals surface area contributed by atoms with Crippen LogP contribution < -0.4 is 4.90 Å². The molecule has 0 spiro atoms. The molecule has 1 nitrogen and oxygen atoms in total. The lowest BCUT2D eigenvalue weighted by Crippen LogP contribution is -2.28. The number of para-hydroxylation sites is 1. The van der Waals surface area contributed by atoms with Crippen molar-refractivity contribution < 1.29 is 0 Å². The van der Waals surface area contributed by atoms with Gasteiger partial charge in [0.2, 0.25) is 0 Å². The molecule has 1 aliphatic rings. The molecule has 1 aliphatic carbocycles. The molecule has 8 aromatic carbocycles. The van der Waals surface area contributed by atoms with Crippen molar-refractivity contribution in [2.24, 2.45) is 0 Å². The Balaban J connectivity index is 1.27. The third-order valence-electron chi connectivity index (χ3n) is 10.5. The number of nitrogens with zero attached hydrogens (tertiary/aromatic N) is 1. The molecule has 0 atom stereocenters. The quantitative estimate of drug-likeness (QED) is 0.171. The average molecular weight is 668 g/mol. The molecule has 10 rings (SSSR count). The second-order valence-electron chi connectivity index (χ2n) is 13.2. The van der Waals surface area contributed by atoms with Crippen LogP contribution in [0.1, 0.15) is 22.3 Å². The summed E-state index contributed by atoms with van der Waals surface area (Å²) in [6.45, 7) is 0. The summed E-state index contributed by atoms with van der Waals surface area (Å²) in [5.74, 6) is 0. The number of hydrogen-bond acceptors (Lipinski definition) is 2. The molecule has 0 fully saturated rings. The zero-order valence-electron chi connectivity index (χ0n) is 27.9. The van der Waals surface area contributed by atoms with Gasteiger partial charge in [-0.2, -0.15) is 0 Å². The van der Waals surface area contributed by atoms with Crippen molar-refractivity contribution in [3.05, 3.63) is 222 Å². The third-order valence-corrected chi connectivity index (χ3v) is 11.7. The Kier molecular flexibility index (Phi) is 6.97. The van der Waals surface area contributed by atoms with Gasteiger partial charge < -0.3 is 4.90 Å². The molecule has 1 aromatic heterocycles. The van der Waals surface area contributed by atoms with Gasteiger partial charge in [-0.3, -0.25) is 0 Å². The van der Waals surface area contributed by atoms with E-state index in [4.69, 9.17) is 0 Å². The second kappa shape index (κ2) is 12.0. The first-order chi connectivity index (χ1) is 25.3. The van der Waals surface area contributed by atoms with Crippen LogP contribution in [-0.2, 0) is 5.41 Å². The van der Waals surface area contributed by atoms with Crippen molar-refractivity contribution in [1.29, 1.82) is 0 Å². The van der Waals surface area contributed by atoms with E-state index < -0.39 is 5.41 Å². The largest absolute Gasteiger partial charge is 0.310 e. The highest BCUT2D eigenvalue weighted by atomic mass is 32.1. The molecule has 0 radical (unpaired) electrons. The van der Waals surface area contributed by atoms with Gasteiger partial charge in [-0.15, -0.1) is 11.3 Å². The first-order valence-electron chi connectivity index (χ1n) is 17.5. The minimum Gasteiger partial charge on any atom is -0.310 e. The summed E-state index contributed by atoms with van der Waals surface area (Å²) < 4.78 is 2.57. The molecular weight excluding hydrogens is 635 g/mol. The molecule has 0 amide bonds. The summed E-state index contributed by atoms with van der Waals surface area (Å²) in [6.07, 6.45) is 0. The van der Waals surface area contributed by atoms with Gasteiger partial charge in [0.25, 0.3) is 0 Å². The van der Waals surface area contributed by atoms with Crippen molar-refractivity contribution in [2.75, 3.05) is 4.90 Å². The van der Waals surface area contributed by atoms with Crippen LogP contribution in [0.5, 0.6) is 0 Å². The Bertz CT molecular complexity index is 2650. The molecule has 2 heteroatoms. The Hall–Kier alpha value is -6.22. The first kappa shape index (κ1) is 29.7. The molecule has 9 aromatic rings. The van der Waals surface area contributed by atoms with E-state index >= 15 is 0 Å². The molecule has 0 N–H and O–H groups in total. The van der Waals surface area contributed by atoms with Crippen LogP contribution in [0.3, 0.4) is 0 Å². The van der Waals surface area contributed by atoms with Crippen LogP contribution >= 0.6 is 11.3 Å². The zero-order valence-corrected chi connectivity index (χ0v) is 28.7. The van der Waals surface area contributed by atoms with Gasteiger partial charge in [-0.05, 0) is 87.0 Å². The van der Waals surface area contributed by atoms with E-state index in [2.05, 4.69) is 205 Å². The molecule has 51 heavy (non-hydrogen) atoms. The molecule has 0 saturated heterocycles. The average Bonchev–Trinajstić information content (AvgIpc) is 3.74. The standard InChI is InChI=1S/C49H33NS/c1-4-17-34(18-5-1)39-27-15-31-45-47(39)48-44(30-16-32-46(48)51-45)50(37-22-8-3-9-23-37)38-24-14-21-36(33-38)49(35-19-6-2-7-20-35)42-28-12-10-25-40(42)41-26-11-13-29-43(41)49/h1-33H. The van der Waals surface area contributed by atoms with E-state index in [9.17, 15) is 0 Å². The lowest BCUT2D eigenvalue weighted by molar-refractivity contribution is 0.768. The summed E-state index contributed by atoms with van der Waals surface area (Å²) in [5, 5.41) is 2.58. The molecular formula is C49H33NS. The van der Waals surface area contributed by atoms with E-state index in [-0.39, 0.29) is 0 Å². The maximum Gasteiger partial charge on any atom is 0.0714 e. The van der Waals surface area contributed by atoms with E-state index in [0.29, 0.717) is 0 Å². The predicted octanol–water partition coefficient (Wildman–Crippen LogP) is 13.6. The first-order valence-corrected chi connectivity index (χ1v) is 18.3. The normalized spacial score (nSPS) is 12.9. The van der Waals surface area contributed by atoms with Crippen LogP contribution in [0.2, 0.25) is 0 Å². The van der Waals surface area contributed by atoms with Crippen molar-refractivity contribution in [3.8, 4) is 22.3 Å². The summed E-state index contributed by atoms with van der Waals surface area (Å²) in [6, 6.07) is 73.4. The highest BCUT2D eigenvalue weighted by Gasteiger charge is 2.46. The van der Waals surface area contributed by atoms with E-state index in [1.165, 1.54) is 70.4 Å². The van der Waals surface area contributed by atoms with Gasteiger partial charge in [0.15, 0.2) is 0 Å². The topological polar surface area (TPSA) is 3.24 Å². The lowest BCUT2D eigenvalue weighted by atomic mass is 9.67. The fourth-order valence-electron chi connectivity index (χ4n) is 8.49. The Labute approximate surface area is 302 Å². The fourth-order valence-corrected chi connectivity index (χ4v) is 9.64. The number of benzene rings is 8. The summed E-state index contributed by atoms with van der Waals surface area (Å²) in [5.41, 5.74) is 13.2. The number of hydrogen-bond donors (Lipinski definition) is 0. The smallest absolute Gasteiger partial charge is 0.0714 e. The molecule has 0 unspecified atom stereocenters. The summed E-state index contributed by atoms with van der Waals surface area (Å²) in [4.78, 5) is 2.46. The van der Waals surface area contributed by atoms with Gasteiger partial charge in [0.05, 0.1) is 11.1 Å². The highest BCUT2D eigenvalue weighted by Crippen LogP contribution is 2.57. The van der Waals surface area contributed by atoms with Crippen molar-refractivity contribution in [1.82, 2.24) is 0 Å². The maximum absolute atomic E-state index is 2.46. The minimum absolute atomic E-state index is 0.478. The van der Waals surface area contributed by atoms with Gasteiger partial charge in [-0.1, -0.05) is 158 Å². The molecule has 0 bridgehead atoms. The Morgan fingerprint density at radius 1 is 0.373 bits per heavy atom. The summed E-state index contributed by atoms with van der Waals surface area (Å²) >= 11 is 1.87. The molecule has 1 heterocycles. The number of fused-ring (bicyclic) bond motifs is 6. The maximum atomic E-state index is 2.46. The molecule has 240 valence electrons. The van der Waals surface area contributed by atoms with Crippen LogP contribution in [-0.4, -0.2) is 0 Å². The van der Waals surface area contributed by atoms with Gasteiger partial charge in [0, 0.05) is 31.5 Å². The van der Waals surface area contributed by atoms with E-state index in [1.54, 1.807) is 0 Å². The Morgan fingerprint density at radius 2 is 0.882 bits per heavy atom. The van der Waals surface area contributed by atoms with Gasteiger partial charge >= 0.3 is 0 Å². The minimum atomic E-state index is -0.478. The second-order valence-corrected chi connectivity index (χ2v) is 14.3. The van der Waals surface area contributed by atoms with Crippen LogP contribution in [0.15, 0.2) is 200 Å². The molecule has 0 aliphatic heterocycles. The van der Waals surface area contributed by atoms with E-state index in [0.717, 1.165) is 11.4 Å². The van der Waals surface area contributed by atoms with Crippen molar-refractivity contribution >= 4 is 48.6 Å². The number of anilines is 3. The third kappa shape index (κ3) is 4.54. The lowest BCUT2D eigenvalue weighted by Gasteiger charge is -2.35. The molecule has 0 saturated carbocycles. The highest BCUT2D eigenvalue weighted by molar-refractivity contribution is 7.26. The van der Waals surface area contributed by atoms with Crippen LogP contribution in [0, 0.1) is 0 Å². The van der Waals surface area contributed by atoms with Crippen LogP contribution in [0.4, 0.5) is 17.1 Å². The van der Waals surface area contributed by atoms with Crippen molar-refractivity contribution in [2.45, 2.75) is 5.41 Å². The van der Waals surface area contributed by atoms with Gasteiger partial charge in [0.1, 0.15) is 0 Å².